The van der Waals surface area contributed by atoms with E-state index in [1.165, 1.54) is 24.4 Å². The Bertz CT molecular complexity index is 763. The number of para-hydroxylation sites is 1. The van der Waals surface area contributed by atoms with Crippen molar-refractivity contribution in [3.63, 3.8) is 0 Å². The fourth-order valence-corrected chi connectivity index (χ4v) is 2.58. The van der Waals surface area contributed by atoms with Crippen molar-refractivity contribution in [1.82, 2.24) is 5.43 Å². The van der Waals surface area contributed by atoms with Gasteiger partial charge in [0.25, 0.3) is 5.91 Å². The molecule has 114 valence electrons. The van der Waals surface area contributed by atoms with Crippen molar-refractivity contribution < 1.29 is 15.0 Å². The van der Waals surface area contributed by atoms with E-state index in [9.17, 15) is 15.0 Å². The minimum Gasteiger partial charge on any atom is -0.507 e. The van der Waals surface area contributed by atoms with Crippen LogP contribution < -0.4 is 5.43 Å². The smallest absolute Gasteiger partial charge is 0.275 e. The second-order valence-electron chi connectivity index (χ2n) is 4.50. The van der Waals surface area contributed by atoms with Crippen LogP contribution in [0.1, 0.15) is 21.5 Å². The molecule has 0 aliphatic heterocycles. The van der Waals surface area contributed by atoms with Crippen LogP contribution >= 0.6 is 27.5 Å². The summed E-state index contributed by atoms with van der Waals surface area (Å²) in [5.41, 5.74) is 3.33. The topological polar surface area (TPSA) is 81.9 Å². The number of hydrogen-bond acceptors (Lipinski definition) is 4. The molecule has 1 amide bonds. The van der Waals surface area contributed by atoms with Gasteiger partial charge in [-0.2, -0.15) is 5.10 Å². The van der Waals surface area contributed by atoms with Crippen LogP contribution in [-0.4, -0.2) is 22.3 Å². The first kappa shape index (κ1) is 16.3. The second-order valence-corrected chi connectivity index (χ2v) is 5.79. The summed E-state index contributed by atoms with van der Waals surface area (Å²) in [4.78, 5) is 11.9. The number of amides is 1. The minimum absolute atomic E-state index is 0.0409. The molecular formula is C15H12BrClN2O3. The number of halogens is 2. The Morgan fingerprint density at radius 2 is 2.05 bits per heavy atom. The normalized spacial score (nSPS) is 10.9. The van der Waals surface area contributed by atoms with Gasteiger partial charge in [-0.25, -0.2) is 5.43 Å². The number of nitrogens with zero attached hydrogens (tertiary/aromatic N) is 1. The summed E-state index contributed by atoms with van der Waals surface area (Å²) in [7, 11) is 0. The Hall–Kier alpha value is -2.05. The molecule has 2 aromatic carbocycles. The summed E-state index contributed by atoms with van der Waals surface area (Å²) in [6.07, 6.45) is 1.26. The van der Waals surface area contributed by atoms with Crippen molar-refractivity contribution in [1.29, 1.82) is 0 Å². The number of benzene rings is 2. The van der Waals surface area contributed by atoms with Crippen molar-refractivity contribution in [2.45, 2.75) is 6.92 Å². The molecule has 0 radical (unpaired) electrons. The maximum Gasteiger partial charge on any atom is 0.275 e. The maximum absolute atomic E-state index is 11.9. The van der Waals surface area contributed by atoms with Crippen LogP contribution in [-0.2, 0) is 0 Å². The number of hydrazone groups is 1. The van der Waals surface area contributed by atoms with Crippen LogP contribution in [0.15, 0.2) is 39.9 Å². The Morgan fingerprint density at radius 1 is 1.32 bits per heavy atom. The molecule has 3 N–H and O–H groups in total. The predicted octanol–water partition coefficient (Wildman–Crippen LogP) is 3.59. The highest BCUT2D eigenvalue weighted by Crippen LogP contribution is 2.30. The molecule has 0 saturated heterocycles. The molecule has 5 nitrogen and oxygen atoms in total. The number of phenolic OH excluding ortho intramolecular Hbond substituents is 2. The van der Waals surface area contributed by atoms with Gasteiger partial charge in [0.1, 0.15) is 11.5 Å². The zero-order valence-electron chi connectivity index (χ0n) is 11.5. The van der Waals surface area contributed by atoms with Crippen molar-refractivity contribution >= 4 is 39.7 Å². The average Bonchev–Trinajstić information content (AvgIpc) is 2.46. The fraction of sp³-hybridized carbons (Fsp3) is 0.0667. The van der Waals surface area contributed by atoms with Crippen LogP contribution in [0.3, 0.4) is 0 Å². The van der Waals surface area contributed by atoms with Gasteiger partial charge in [-0.05, 0) is 46.6 Å². The molecule has 0 fully saturated rings. The molecule has 7 heteroatoms. The van der Waals surface area contributed by atoms with E-state index in [0.29, 0.717) is 20.6 Å². The van der Waals surface area contributed by atoms with Crippen LogP contribution in [0.5, 0.6) is 11.5 Å². The number of rotatable bonds is 3. The lowest BCUT2D eigenvalue weighted by Crippen LogP contribution is -2.17. The number of aromatic hydroxyl groups is 2. The van der Waals surface area contributed by atoms with Gasteiger partial charge in [-0.15, -0.1) is 0 Å². The number of carbonyl (C=O) groups excluding carboxylic acids is 1. The molecule has 0 atom stereocenters. The van der Waals surface area contributed by atoms with E-state index in [1.54, 1.807) is 19.1 Å². The van der Waals surface area contributed by atoms with Gasteiger partial charge in [-0.3, -0.25) is 4.79 Å². The summed E-state index contributed by atoms with van der Waals surface area (Å²) in [6.45, 7) is 1.69. The van der Waals surface area contributed by atoms with Crippen molar-refractivity contribution in [2.24, 2.45) is 5.10 Å². The highest BCUT2D eigenvalue weighted by Gasteiger charge is 2.11. The highest BCUT2D eigenvalue weighted by atomic mass is 79.9. The quantitative estimate of drug-likeness (QED) is 0.559. The molecule has 0 aliphatic rings. The predicted molar refractivity (Wildman–Crippen MR) is 88.7 cm³/mol. The number of carbonyl (C=O) groups is 1. The molecular weight excluding hydrogens is 372 g/mol. The second kappa shape index (κ2) is 6.81. The van der Waals surface area contributed by atoms with E-state index in [0.717, 1.165) is 0 Å². The van der Waals surface area contributed by atoms with E-state index in [-0.39, 0.29) is 17.1 Å². The molecule has 0 unspecified atom stereocenters. The van der Waals surface area contributed by atoms with Crippen molar-refractivity contribution in [3.05, 3.63) is 56.5 Å². The van der Waals surface area contributed by atoms with Crippen LogP contribution in [0.4, 0.5) is 0 Å². The summed E-state index contributed by atoms with van der Waals surface area (Å²) in [5, 5.41) is 23.8. The van der Waals surface area contributed by atoms with Gasteiger partial charge in [-0.1, -0.05) is 23.7 Å². The molecule has 0 aromatic heterocycles. The van der Waals surface area contributed by atoms with Crippen LogP contribution in [0.25, 0.3) is 0 Å². The van der Waals surface area contributed by atoms with Gasteiger partial charge in [0.2, 0.25) is 0 Å². The molecule has 0 bridgehead atoms. The van der Waals surface area contributed by atoms with Crippen molar-refractivity contribution in [3.8, 4) is 11.5 Å². The maximum atomic E-state index is 11.9. The SMILES string of the molecule is Cc1cccc(C(=O)N/N=C/c2cc(Cl)cc(Br)c2O)c1O. The van der Waals surface area contributed by atoms with Gasteiger partial charge in [0, 0.05) is 10.6 Å². The van der Waals surface area contributed by atoms with Gasteiger partial charge in [0.15, 0.2) is 0 Å². The van der Waals surface area contributed by atoms with E-state index >= 15 is 0 Å². The lowest BCUT2D eigenvalue weighted by atomic mass is 10.1. The average molecular weight is 384 g/mol. The van der Waals surface area contributed by atoms with E-state index in [2.05, 4.69) is 26.5 Å². The summed E-state index contributed by atoms with van der Waals surface area (Å²) < 4.78 is 0.420. The fourth-order valence-electron chi connectivity index (χ4n) is 1.75. The zero-order chi connectivity index (χ0) is 16.3. The molecule has 22 heavy (non-hydrogen) atoms. The zero-order valence-corrected chi connectivity index (χ0v) is 13.8. The molecule has 0 aliphatic carbocycles. The largest absolute Gasteiger partial charge is 0.507 e. The van der Waals surface area contributed by atoms with Crippen LogP contribution in [0, 0.1) is 6.92 Å². The summed E-state index contributed by atoms with van der Waals surface area (Å²) >= 11 is 9.03. The van der Waals surface area contributed by atoms with Gasteiger partial charge >= 0.3 is 0 Å². The third kappa shape index (κ3) is 3.58. The number of aryl methyl sites for hydroxylation is 1. The molecule has 2 rings (SSSR count). The Morgan fingerprint density at radius 3 is 2.77 bits per heavy atom. The van der Waals surface area contributed by atoms with Gasteiger partial charge in [0.05, 0.1) is 16.3 Å². The molecule has 0 spiro atoms. The number of hydrogen-bond donors (Lipinski definition) is 3. The minimum atomic E-state index is -0.557. The Kier molecular flexibility index (Phi) is 5.05. The van der Waals surface area contributed by atoms with Crippen LogP contribution in [0.2, 0.25) is 5.02 Å². The Labute approximate surface area is 140 Å². The molecule has 0 heterocycles. The number of nitrogens with one attached hydrogen (secondary N) is 1. The van der Waals surface area contributed by atoms with Gasteiger partial charge < -0.3 is 10.2 Å². The monoisotopic (exact) mass is 382 g/mol. The van der Waals surface area contributed by atoms with E-state index in [4.69, 9.17) is 11.6 Å². The number of phenols is 2. The standard InChI is InChI=1S/C15H12BrClN2O3/c1-8-3-2-4-11(13(8)20)15(22)19-18-7-9-5-10(17)6-12(16)14(9)21/h2-7,20-21H,1H3,(H,19,22)/b18-7+. The third-order valence-corrected chi connectivity index (χ3v) is 3.73. The first-order valence-electron chi connectivity index (χ1n) is 6.20. The molecule has 0 saturated carbocycles. The summed E-state index contributed by atoms with van der Waals surface area (Å²) in [5.74, 6) is -0.692. The lowest BCUT2D eigenvalue weighted by molar-refractivity contribution is 0.0952. The first-order valence-corrected chi connectivity index (χ1v) is 7.37. The van der Waals surface area contributed by atoms with Crippen molar-refractivity contribution in [2.75, 3.05) is 0 Å². The first-order chi connectivity index (χ1) is 10.4. The third-order valence-electron chi connectivity index (χ3n) is 2.91. The van der Waals surface area contributed by atoms with E-state index in [1.807, 2.05) is 0 Å². The van der Waals surface area contributed by atoms with E-state index < -0.39 is 5.91 Å². The Balaban J connectivity index is 2.16. The highest BCUT2D eigenvalue weighted by molar-refractivity contribution is 9.10. The molecule has 2 aromatic rings. The summed E-state index contributed by atoms with van der Waals surface area (Å²) in [6, 6.07) is 7.88. The lowest BCUT2D eigenvalue weighted by Gasteiger charge is -2.05.